The lowest BCUT2D eigenvalue weighted by molar-refractivity contribution is 0.0872. The molecule has 1 saturated heterocycles. The van der Waals surface area contributed by atoms with E-state index in [9.17, 15) is 0 Å². The third-order valence-corrected chi connectivity index (χ3v) is 4.51. The summed E-state index contributed by atoms with van der Waals surface area (Å²) in [7, 11) is 0. The molecule has 2 heteroatoms. The lowest BCUT2D eigenvalue weighted by Crippen LogP contribution is -2.27. The van der Waals surface area contributed by atoms with Gasteiger partial charge in [-0.25, -0.2) is 0 Å². The average Bonchev–Trinajstić information content (AvgIpc) is 3.19. The Balaban J connectivity index is 1.44. The van der Waals surface area contributed by atoms with E-state index in [1.165, 1.54) is 30.4 Å². The number of nitrogens with one attached hydrogen (secondary N) is 1. The molecule has 1 N–H and O–H groups in total. The third kappa shape index (κ3) is 3.37. The van der Waals surface area contributed by atoms with Gasteiger partial charge in [0, 0.05) is 19.7 Å². The predicted molar refractivity (Wildman–Crippen MR) is 78.3 cm³/mol. The predicted octanol–water partition coefficient (Wildman–Crippen LogP) is 3.47. The number of ether oxygens (including phenoxy) is 1. The lowest BCUT2D eigenvalue weighted by Gasteiger charge is -2.17. The van der Waals surface area contributed by atoms with Crippen LogP contribution in [0.2, 0.25) is 0 Å². The number of hydrogen-bond acceptors (Lipinski definition) is 2. The maximum Gasteiger partial charge on any atom is 0.0613 e. The summed E-state index contributed by atoms with van der Waals surface area (Å²) in [6.45, 7) is 5.24. The highest BCUT2D eigenvalue weighted by Crippen LogP contribution is 2.39. The highest BCUT2D eigenvalue weighted by atomic mass is 16.5. The van der Waals surface area contributed by atoms with Crippen LogP contribution in [0.4, 0.5) is 0 Å². The Bertz CT molecular complexity index is 396. The molecular formula is C17H25NO. The maximum absolute atomic E-state index is 5.73. The molecule has 1 heterocycles. The van der Waals surface area contributed by atoms with Crippen molar-refractivity contribution in [1.29, 1.82) is 0 Å². The summed E-state index contributed by atoms with van der Waals surface area (Å²) in [4.78, 5) is 0. The first kappa shape index (κ1) is 13.1. The van der Waals surface area contributed by atoms with Crippen LogP contribution in [0.15, 0.2) is 24.3 Å². The molecule has 2 aliphatic rings. The molecule has 2 unspecified atom stereocenters. The molecule has 0 spiro atoms. The lowest BCUT2D eigenvalue weighted by atomic mass is 9.99. The van der Waals surface area contributed by atoms with Crippen LogP contribution in [0.5, 0.6) is 0 Å². The molecule has 0 aromatic heterocycles. The standard InChI is InChI=1S/C17H25NO/c1-2-17-16(9-10-19-17)12-18-11-13-3-5-14(6-4-13)15-7-8-15/h3-6,15-18H,2,7-12H2,1H3. The quantitative estimate of drug-likeness (QED) is 0.844. The molecule has 1 aromatic rings. The van der Waals surface area contributed by atoms with Crippen LogP contribution in [0.1, 0.15) is 49.7 Å². The molecule has 0 radical (unpaired) electrons. The van der Waals surface area contributed by atoms with E-state index in [0.717, 1.165) is 32.0 Å². The van der Waals surface area contributed by atoms with Crippen LogP contribution in [0, 0.1) is 5.92 Å². The van der Waals surface area contributed by atoms with Crippen LogP contribution < -0.4 is 5.32 Å². The molecule has 1 aromatic carbocycles. The number of benzene rings is 1. The third-order valence-electron chi connectivity index (χ3n) is 4.51. The molecule has 3 rings (SSSR count). The van der Waals surface area contributed by atoms with E-state index in [4.69, 9.17) is 4.74 Å². The Morgan fingerprint density at radius 1 is 1.16 bits per heavy atom. The summed E-state index contributed by atoms with van der Waals surface area (Å²) in [6.07, 6.45) is 5.61. The van der Waals surface area contributed by atoms with Gasteiger partial charge in [0.15, 0.2) is 0 Å². The van der Waals surface area contributed by atoms with Gasteiger partial charge < -0.3 is 10.1 Å². The van der Waals surface area contributed by atoms with Crippen LogP contribution in [-0.2, 0) is 11.3 Å². The largest absolute Gasteiger partial charge is 0.378 e. The normalized spacial score (nSPS) is 26.8. The molecule has 2 fully saturated rings. The molecular weight excluding hydrogens is 234 g/mol. The minimum Gasteiger partial charge on any atom is -0.378 e. The van der Waals surface area contributed by atoms with Gasteiger partial charge in [0.05, 0.1) is 6.10 Å². The molecule has 0 bridgehead atoms. The Hall–Kier alpha value is -0.860. The molecule has 1 aliphatic heterocycles. The van der Waals surface area contributed by atoms with E-state index in [2.05, 4.69) is 36.5 Å². The van der Waals surface area contributed by atoms with Gasteiger partial charge in [0.1, 0.15) is 0 Å². The van der Waals surface area contributed by atoms with Gasteiger partial charge in [-0.15, -0.1) is 0 Å². The van der Waals surface area contributed by atoms with Crippen molar-refractivity contribution in [2.24, 2.45) is 5.92 Å². The second-order valence-corrected chi connectivity index (χ2v) is 6.01. The summed E-state index contributed by atoms with van der Waals surface area (Å²) >= 11 is 0. The summed E-state index contributed by atoms with van der Waals surface area (Å²) in [5.74, 6) is 1.57. The average molecular weight is 259 g/mol. The van der Waals surface area contributed by atoms with Crippen molar-refractivity contribution in [3.8, 4) is 0 Å². The highest BCUT2D eigenvalue weighted by molar-refractivity contribution is 5.27. The molecule has 0 amide bonds. The second kappa shape index (κ2) is 6.06. The molecule has 2 atom stereocenters. The summed E-state index contributed by atoms with van der Waals surface area (Å²) in [5.41, 5.74) is 2.93. The fourth-order valence-corrected chi connectivity index (χ4v) is 3.10. The number of rotatable bonds is 6. The van der Waals surface area contributed by atoms with Gasteiger partial charge in [-0.3, -0.25) is 0 Å². The first-order valence-corrected chi connectivity index (χ1v) is 7.78. The Morgan fingerprint density at radius 3 is 2.63 bits per heavy atom. The van der Waals surface area contributed by atoms with Gasteiger partial charge in [-0.2, -0.15) is 0 Å². The van der Waals surface area contributed by atoms with E-state index >= 15 is 0 Å². The van der Waals surface area contributed by atoms with E-state index < -0.39 is 0 Å². The first-order valence-electron chi connectivity index (χ1n) is 7.78. The zero-order chi connectivity index (χ0) is 13.1. The van der Waals surface area contributed by atoms with Crippen molar-refractivity contribution in [2.75, 3.05) is 13.2 Å². The topological polar surface area (TPSA) is 21.3 Å². The summed E-state index contributed by atoms with van der Waals surface area (Å²) in [5, 5.41) is 3.59. The van der Waals surface area contributed by atoms with E-state index in [-0.39, 0.29) is 0 Å². The van der Waals surface area contributed by atoms with Gasteiger partial charge >= 0.3 is 0 Å². The molecule has 104 valence electrons. The minimum absolute atomic E-state index is 0.477. The molecule has 19 heavy (non-hydrogen) atoms. The minimum atomic E-state index is 0.477. The van der Waals surface area contributed by atoms with Crippen LogP contribution in [0.3, 0.4) is 0 Å². The Morgan fingerprint density at radius 2 is 1.95 bits per heavy atom. The fraction of sp³-hybridized carbons (Fsp3) is 0.647. The van der Waals surface area contributed by atoms with Crippen LogP contribution >= 0.6 is 0 Å². The van der Waals surface area contributed by atoms with Crippen LogP contribution in [0.25, 0.3) is 0 Å². The van der Waals surface area contributed by atoms with Gasteiger partial charge in [-0.1, -0.05) is 31.2 Å². The van der Waals surface area contributed by atoms with Crippen molar-refractivity contribution in [1.82, 2.24) is 5.32 Å². The molecule has 2 nitrogen and oxygen atoms in total. The first-order chi connectivity index (χ1) is 9.36. The second-order valence-electron chi connectivity index (χ2n) is 6.01. The van der Waals surface area contributed by atoms with Crippen molar-refractivity contribution >= 4 is 0 Å². The van der Waals surface area contributed by atoms with Crippen LogP contribution in [-0.4, -0.2) is 19.3 Å². The van der Waals surface area contributed by atoms with Crippen molar-refractivity contribution < 1.29 is 4.74 Å². The fourth-order valence-electron chi connectivity index (χ4n) is 3.10. The van der Waals surface area contributed by atoms with Crippen molar-refractivity contribution in [3.63, 3.8) is 0 Å². The number of hydrogen-bond donors (Lipinski definition) is 1. The SMILES string of the molecule is CCC1OCCC1CNCc1ccc(C2CC2)cc1. The van der Waals surface area contributed by atoms with Crippen molar-refractivity contribution in [3.05, 3.63) is 35.4 Å². The summed E-state index contributed by atoms with van der Waals surface area (Å²) < 4.78 is 5.73. The maximum atomic E-state index is 5.73. The van der Waals surface area contributed by atoms with Gasteiger partial charge in [0.25, 0.3) is 0 Å². The van der Waals surface area contributed by atoms with E-state index in [1.807, 2.05) is 0 Å². The molecule has 1 saturated carbocycles. The molecule has 1 aliphatic carbocycles. The van der Waals surface area contributed by atoms with Gasteiger partial charge in [0.2, 0.25) is 0 Å². The highest BCUT2D eigenvalue weighted by Gasteiger charge is 2.26. The monoisotopic (exact) mass is 259 g/mol. The van der Waals surface area contributed by atoms with E-state index in [0.29, 0.717) is 12.0 Å². The Labute approximate surface area is 116 Å². The van der Waals surface area contributed by atoms with Gasteiger partial charge in [-0.05, 0) is 48.6 Å². The zero-order valence-electron chi connectivity index (χ0n) is 11.9. The zero-order valence-corrected chi connectivity index (χ0v) is 11.9. The van der Waals surface area contributed by atoms with E-state index in [1.54, 1.807) is 0 Å². The van der Waals surface area contributed by atoms with Crippen molar-refractivity contribution in [2.45, 2.75) is 51.2 Å². The summed E-state index contributed by atoms with van der Waals surface area (Å²) in [6, 6.07) is 9.18. The Kier molecular flexibility index (Phi) is 4.19. The smallest absolute Gasteiger partial charge is 0.0613 e.